The van der Waals surface area contributed by atoms with Gasteiger partial charge in [0.05, 0.1) is 20.1 Å². The first kappa shape index (κ1) is 17.7. The lowest BCUT2D eigenvalue weighted by atomic mass is 10.3. The molecule has 0 aliphatic carbocycles. The summed E-state index contributed by atoms with van der Waals surface area (Å²) in [5, 5.41) is 0. The van der Waals surface area contributed by atoms with Crippen molar-refractivity contribution in [1.29, 1.82) is 0 Å². The van der Waals surface area contributed by atoms with Gasteiger partial charge in [-0.25, -0.2) is 0 Å². The summed E-state index contributed by atoms with van der Waals surface area (Å²) in [7, 11) is 1.20. The van der Waals surface area contributed by atoms with Gasteiger partial charge in [-0.15, -0.1) is 0 Å². The number of rotatable bonds is 8. The SMILES string of the molecule is CCCN(CC(=O)OC)C(=O)CCOCC(F)(F)F. The van der Waals surface area contributed by atoms with Crippen LogP contribution in [0, 0.1) is 0 Å². The van der Waals surface area contributed by atoms with Crippen molar-refractivity contribution < 1.29 is 32.2 Å². The lowest BCUT2D eigenvalue weighted by molar-refractivity contribution is -0.175. The Kier molecular flexibility index (Phi) is 8.13. The molecule has 0 aliphatic rings. The minimum atomic E-state index is -4.40. The van der Waals surface area contributed by atoms with E-state index in [1.165, 1.54) is 12.0 Å². The van der Waals surface area contributed by atoms with E-state index in [2.05, 4.69) is 9.47 Å². The van der Waals surface area contributed by atoms with Crippen molar-refractivity contribution in [2.24, 2.45) is 0 Å². The predicted molar refractivity (Wildman–Crippen MR) is 60.4 cm³/mol. The first-order chi connectivity index (χ1) is 8.80. The second-order valence-electron chi connectivity index (χ2n) is 3.81. The maximum Gasteiger partial charge on any atom is 0.411 e. The zero-order valence-corrected chi connectivity index (χ0v) is 11.0. The number of methoxy groups -OCH3 is 1. The molecule has 0 aromatic carbocycles. The molecule has 1 amide bonds. The van der Waals surface area contributed by atoms with Gasteiger partial charge in [0.25, 0.3) is 0 Å². The van der Waals surface area contributed by atoms with Crippen LogP contribution < -0.4 is 0 Å². The summed E-state index contributed by atoms with van der Waals surface area (Å²) in [6, 6.07) is 0. The van der Waals surface area contributed by atoms with Crippen LogP contribution in [0.4, 0.5) is 13.2 Å². The average Bonchev–Trinajstić information content (AvgIpc) is 2.32. The van der Waals surface area contributed by atoms with Crippen LogP contribution in [0.5, 0.6) is 0 Å². The molecule has 0 aliphatic heterocycles. The molecule has 0 N–H and O–H groups in total. The van der Waals surface area contributed by atoms with Crippen LogP contribution in [0.1, 0.15) is 19.8 Å². The molecule has 5 nitrogen and oxygen atoms in total. The number of alkyl halides is 3. The lowest BCUT2D eigenvalue weighted by Crippen LogP contribution is -2.37. The first-order valence-corrected chi connectivity index (χ1v) is 5.79. The monoisotopic (exact) mass is 285 g/mol. The normalized spacial score (nSPS) is 11.2. The maximum atomic E-state index is 11.8. The number of hydrogen-bond acceptors (Lipinski definition) is 4. The summed E-state index contributed by atoms with van der Waals surface area (Å²) in [5.41, 5.74) is 0. The van der Waals surface area contributed by atoms with Gasteiger partial charge in [0.1, 0.15) is 13.2 Å². The van der Waals surface area contributed by atoms with E-state index in [4.69, 9.17) is 0 Å². The molecule has 0 fully saturated rings. The zero-order chi connectivity index (χ0) is 14.9. The molecule has 19 heavy (non-hydrogen) atoms. The Labute approximate surface area is 109 Å². The third kappa shape index (κ3) is 9.29. The van der Waals surface area contributed by atoms with Crippen LogP contribution in [0.2, 0.25) is 0 Å². The van der Waals surface area contributed by atoms with Crippen molar-refractivity contribution in [1.82, 2.24) is 4.90 Å². The van der Waals surface area contributed by atoms with Crippen molar-refractivity contribution in [2.75, 3.05) is 33.4 Å². The molecular weight excluding hydrogens is 267 g/mol. The predicted octanol–water partition coefficient (Wildman–Crippen LogP) is 1.37. The molecule has 0 bridgehead atoms. The molecule has 0 unspecified atom stereocenters. The van der Waals surface area contributed by atoms with Gasteiger partial charge >= 0.3 is 12.1 Å². The quantitative estimate of drug-likeness (QED) is 0.499. The van der Waals surface area contributed by atoms with Crippen LogP contribution in [-0.4, -0.2) is 56.4 Å². The van der Waals surface area contributed by atoms with E-state index in [9.17, 15) is 22.8 Å². The van der Waals surface area contributed by atoms with Gasteiger partial charge in [-0.1, -0.05) is 6.92 Å². The van der Waals surface area contributed by atoms with Crippen molar-refractivity contribution in [3.63, 3.8) is 0 Å². The van der Waals surface area contributed by atoms with E-state index >= 15 is 0 Å². The maximum absolute atomic E-state index is 11.8. The molecule has 0 saturated carbocycles. The molecule has 0 aromatic rings. The number of carbonyl (C=O) groups is 2. The highest BCUT2D eigenvalue weighted by molar-refractivity contribution is 5.82. The molecule has 0 radical (unpaired) electrons. The summed E-state index contributed by atoms with van der Waals surface area (Å²) in [6.45, 7) is 0.234. The molecule has 8 heteroatoms. The smallest absolute Gasteiger partial charge is 0.411 e. The zero-order valence-electron chi connectivity index (χ0n) is 11.0. The van der Waals surface area contributed by atoms with E-state index in [1.54, 1.807) is 0 Å². The highest BCUT2D eigenvalue weighted by atomic mass is 19.4. The van der Waals surface area contributed by atoms with Crippen LogP contribution in [-0.2, 0) is 19.1 Å². The van der Waals surface area contributed by atoms with Gasteiger partial charge < -0.3 is 14.4 Å². The topological polar surface area (TPSA) is 55.8 Å². The minimum absolute atomic E-state index is 0.201. The van der Waals surface area contributed by atoms with Gasteiger partial charge in [0.15, 0.2) is 0 Å². The standard InChI is InChI=1S/C11H18F3NO4/c1-3-5-15(7-10(17)18-2)9(16)4-6-19-8-11(12,13)14/h3-8H2,1-2H3. The van der Waals surface area contributed by atoms with Gasteiger partial charge in [-0.2, -0.15) is 13.2 Å². The van der Waals surface area contributed by atoms with Gasteiger partial charge in [0.2, 0.25) is 5.91 Å². The number of esters is 1. The second-order valence-corrected chi connectivity index (χ2v) is 3.81. The molecule has 0 atom stereocenters. The van der Waals surface area contributed by atoms with E-state index in [0.717, 1.165) is 0 Å². The van der Waals surface area contributed by atoms with Gasteiger partial charge in [-0.3, -0.25) is 9.59 Å². The average molecular weight is 285 g/mol. The van der Waals surface area contributed by atoms with Crippen molar-refractivity contribution in [3.8, 4) is 0 Å². The fourth-order valence-electron chi connectivity index (χ4n) is 1.29. The van der Waals surface area contributed by atoms with Crippen molar-refractivity contribution in [3.05, 3.63) is 0 Å². The van der Waals surface area contributed by atoms with E-state index in [1.807, 2.05) is 6.92 Å². The summed E-state index contributed by atoms with van der Waals surface area (Å²) < 4.78 is 44.2. The largest absolute Gasteiger partial charge is 0.468 e. The number of nitrogens with zero attached hydrogens (tertiary/aromatic N) is 1. The Bertz CT molecular complexity index is 294. The number of amides is 1. The summed E-state index contributed by atoms with van der Waals surface area (Å²) in [4.78, 5) is 24.0. The number of hydrogen-bond donors (Lipinski definition) is 0. The van der Waals surface area contributed by atoms with Gasteiger partial charge in [-0.05, 0) is 6.42 Å². The Morgan fingerprint density at radius 3 is 2.37 bits per heavy atom. The third-order valence-electron chi connectivity index (χ3n) is 2.12. The van der Waals surface area contributed by atoms with E-state index < -0.39 is 24.7 Å². The fourth-order valence-corrected chi connectivity index (χ4v) is 1.29. The molecule has 0 heterocycles. The lowest BCUT2D eigenvalue weighted by Gasteiger charge is -2.20. The molecule has 0 spiro atoms. The number of ether oxygens (including phenoxy) is 2. The first-order valence-electron chi connectivity index (χ1n) is 5.79. The second kappa shape index (κ2) is 8.73. The summed E-state index contributed by atoms with van der Waals surface area (Å²) in [6.07, 6.45) is -3.97. The van der Waals surface area contributed by atoms with Crippen molar-refractivity contribution in [2.45, 2.75) is 25.9 Å². The van der Waals surface area contributed by atoms with Crippen molar-refractivity contribution >= 4 is 11.9 Å². The van der Waals surface area contributed by atoms with Crippen LogP contribution in [0.3, 0.4) is 0 Å². The van der Waals surface area contributed by atoms with Crippen LogP contribution in [0.15, 0.2) is 0 Å². The molecule has 0 saturated heterocycles. The van der Waals surface area contributed by atoms with Crippen LogP contribution in [0.25, 0.3) is 0 Å². The molecule has 112 valence electrons. The molecular formula is C11H18F3NO4. The molecule has 0 aromatic heterocycles. The summed E-state index contributed by atoms with van der Waals surface area (Å²) in [5.74, 6) is -1.01. The fraction of sp³-hybridized carbons (Fsp3) is 0.818. The van der Waals surface area contributed by atoms with E-state index in [0.29, 0.717) is 13.0 Å². The van der Waals surface area contributed by atoms with E-state index in [-0.39, 0.29) is 19.6 Å². The summed E-state index contributed by atoms with van der Waals surface area (Å²) >= 11 is 0. The number of halogens is 3. The Balaban J connectivity index is 4.07. The third-order valence-corrected chi connectivity index (χ3v) is 2.12. The Hall–Kier alpha value is -1.31. The number of carbonyl (C=O) groups excluding carboxylic acids is 2. The Morgan fingerprint density at radius 1 is 1.26 bits per heavy atom. The van der Waals surface area contributed by atoms with Crippen LogP contribution >= 0.6 is 0 Å². The molecule has 0 rings (SSSR count). The highest BCUT2D eigenvalue weighted by Gasteiger charge is 2.27. The minimum Gasteiger partial charge on any atom is -0.468 e. The highest BCUT2D eigenvalue weighted by Crippen LogP contribution is 2.14. The Morgan fingerprint density at radius 2 is 1.89 bits per heavy atom. The van der Waals surface area contributed by atoms with Gasteiger partial charge in [0, 0.05) is 6.54 Å².